The van der Waals surface area contributed by atoms with E-state index in [2.05, 4.69) is 229 Å². The molecule has 4 heteroatoms. The van der Waals surface area contributed by atoms with Gasteiger partial charge in [0.05, 0.1) is 21.9 Å². The molecule has 66 heavy (non-hydrogen) atoms. The Kier molecular flexibility index (Phi) is 7.29. The summed E-state index contributed by atoms with van der Waals surface area (Å²) in [6.07, 6.45) is 0. The van der Waals surface area contributed by atoms with Crippen LogP contribution in [0.25, 0.3) is 44.2 Å². The molecule has 2 aliphatic carbocycles. The van der Waals surface area contributed by atoms with Gasteiger partial charge in [0.25, 0.3) is 0 Å². The monoisotopic (exact) mass is 859 g/mol. The summed E-state index contributed by atoms with van der Waals surface area (Å²) < 4.78 is 13.4. The lowest BCUT2D eigenvalue weighted by molar-refractivity contribution is 0.436. The SMILES string of the molecule is c1ccc2c(c1)Oc1ccccc1C21c2ccccc2-c2ccc(N(c3ccc4c(c3)C3(c5ccccc5Sc5ccccc53)c3ccccc3-4)c3cccc4oc5ccccc5c34)cc21. The van der Waals surface area contributed by atoms with Crippen molar-refractivity contribution in [2.24, 2.45) is 0 Å². The van der Waals surface area contributed by atoms with Crippen molar-refractivity contribution in [1.29, 1.82) is 0 Å². The van der Waals surface area contributed by atoms with E-state index in [-0.39, 0.29) is 0 Å². The molecule has 2 aliphatic heterocycles. The molecular weight excluding hydrogens is 823 g/mol. The van der Waals surface area contributed by atoms with E-state index in [0.717, 1.165) is 61.6 Å². The highest BCUT2D eigenvalue weighted by atomic mass is 32.2. The maximum absolute atomic E-state index is 6.74. The predicted octanol–water partition coefficient (Wildman–Crippen LogP) is 16.4. The minimum Gasteiger partial charge on any atom is -0.457 e. The first-order valence-corrected chi connectivity index (χ1v) is 23.5. The maximum Gasteiger partial charge on any atom is 0.137 e. The van der Waals surface area contributed by atoms with Crippen LogP contribution in [0.4, 0.5) is 17.1 Å². The zero-order valence-electron chi connectivity index (χ0n) is 35.5. The molecule has 0 atom stereocenters. The lowest BCUT2D eigenvalue weighted by Crippen LogP contribution is -2.32. The zero-order chi connectivity index (χ0) is 43.1. The number of nitrogens with zero attached hydrogens (tertiary/aromatic N) is 1. The standard InChI is InChI=1S/C62H37NO2S/c1-4-19-45-40(16-1)42-34-32-38(36-51(42)61(45)47-21-6-11-27-55(47)65-56-28-12-7-22-48(56)61)63(53-25-15-29-57-60(53)44-18-3-10-26-54(44)64-57)39-33-35-43-41-17-2-5-20-46(41)62(52(43)37-39)49-23-8-13-30-58(49)66-59-31-14-9-24-50(59)62/h1-37H. The van der Waals surface area contributed by atoms with E-state index in [9.17, 15) is 0 Å². The molecule has 11 aromatic rings. The Hall–Kier alpha value is -8.05. The van der Waals surface area contributed by atoms with E-state index in [4.69, 9.17) is 9.15 Å². The van der Waals surface area contributed by atoms with Gasteiger partial charge >= 0.3 is 0 Å². The third kappa shape index (κ3) is 4.54. The second kappa shape index (κ2) is 13.3. The van der Waals surface area contributed by atoms with Gasteiger partial charge in [-0.2, -0.15) is 0 Å². The smallest absolute Gasteiger partial charge is 0.137 e. The highest BCUT2D eigenvalue weighted by molar-refractivity contribution is 7.99. The molecule has 3 nitrogen and oxygen atoms in total. The second-order valence-corrected chi connectivity index (χ2v) is 18.9. The molecule has 308 valence electrons. The van der Waals surface area contributed by atoms with Crippen molar-refractivity contribution < 1.29 is 9.15 Å². The average Bonchev–Trinajstić information content (AvgIpc) is 4.00. The molecule has 0 amide bonds. The third-order valence-electron chi connectivity index (χ3n) is 14.8. The van der Waals surface area contributed by atoms with Gasteiger partial charge in [0.15, 0.2) is 0 Å². The van der Waals surface area contributed by atoms with Gasteiger partial charge < -0.3 is 14.1 Å². The minimum absolute atomic E-state index is 0.528. The zero-order valence-corrected chi connectivity index (χ0v) is 36.4. The summed E-state index contributed by atoms with van der Waals surface area (Å²) in [5.74, 6) is 1.76. The summed E-state index contributed by atoms with van der Waals surface area (Å²) in [6.45, 7) is 0. The third-order valence-corrected chi connectivity index (χ3v) is 16.0. The van der Waals surface area contributed by atoms with Crippen LogP contribution in [0.1, 0.15) is 44.5 Å². The molecule has 15 rings (SSSR count). The van der Waals surface area contributed by atoms with Gasteiger partial charge in [0, 0.05) is 37.7 Å². The van der Waals surface area contributed by atoms with Gasteiger partial charge in [-0.05, 0) is 122 Å². The molecule has 0 N–H and O–H groups in total. The van der Waals surface area contributed by atoms with E-state index in [1.54, 1.807) is 0 Å². The van der Waals surface area contributed by atoms with Gasteiger partial charge in [-0.1, -0.05) is 169 Å². The molecule has 2 spiro atoms. The molecule has 4 aliphatic rings. The Morgan fingerprint density at radius 2 is 0.803 bits per heavy atom. The minimum atomic E-state index is -0.621. The fourth-order valence-electron chi connectivity index (χ4n) is 12.3. The molecule has 1 aromatic heterocycles. The largest absolute Gasteiger partial charge is 0.457 e. The van der Waals surface area contributed by atoms with Crippen LogP contribution in [0, 0.1) is 0 Å². The fourth-order valence-corrected chi connectivity index (χ4v) is 13.5. The summed E-state index contributed by atoms with van der Waals surface area (Å²) in [5, 5.41) is 2.17. The molecule has 0 saturated carbocycles. The van der Waals surface area contributed by atoms with Crippen molar-refractivity contribution in [2.75, 3.05) is 4.90 Å². The number of para-hydroxylation sites is 3. The van der Waals surface area contributed by atoms with E-state index in [1.165, 1.54) is 65.4 Å². The van der Waals surface area contributed by atoms with Crippen molar-refractivity contribution in [2.45, 2.75) is 20.6 Å². The average molecular weight is 860 g/mol. The van der Waals surface area contributed by atoms with Crippen LogP contribution in [0.15, 0.2) is 239 Å². The number of hydrogen-bond acceptors (Lipinski definition) is 4. The van der Waals surface area contributed by atoms with Gasteiger partial charge in [0.1, 0.15) is 22.7 Å². The van der Waals surface area contributed by atoms with Crippen LogP contribution >= 0.6 is 11.8 Å². The Labute approximate surface area is 386 Å². The molecule has 0 saturated heterocycles. The molecule has 0 unspecified atom stereocenters. The van der Waals surface area contributed by atoms with Crippen molar-refractivity contribution in [1.82, 2.24) is 0 Å². The summed E-state index contributed by atoms with van der Waals surface area (Å²) in [6, 6.07) is 82.6. The van der Waals surface area contributed by atoms with Crippen LogP contribution in [0.5, 0.6) is 11.5 Å². The molecule has 0 bridgehead atoms. The number of ether oxygens (including phenoxy) is 1. The van der Waals surface area contributed by atoms with E-state index < -0.39 is 10.8 Å². The van der Waals surface area contributed by atoms with Gasteiger partial charge in [-0.25, -0.2) is 0 Å². The van der Waals surface area contributed by atoms with E-state index in [0.29, 0.717) is 0 Å². The molecule has 3 heterocycles. The maximum atomic E-state index is 6.74. The summed E-state index contributed by atoms with van der Waals surface area (Å²) in [4.78, 5) is 5.07. The number of rotatable bonds is 3. The van der Waals surface area contributed by atoms with Gasteiger partial charge in [0.2, 0.25) is 0 Å². The molecule has 0 radical (unpaired) electrons. The topological polar surface area (TPSA) is 25.6 Å². The first-order valence-electron chi connectivity index (χ1n) is 22.7. The predicted molar refractivity (Wildman–Crippen MR) is 267 cm³/mol. The number of hydrogen-bond donors (Lipinski definition) is 0. The Morgan fingerprint density at radius 3 is 1.41 bits per heavy atom. The molecule has 10 aromatic carbocycles. The summed E-state index contributed by atoms with van der Waals surface area (Å²) >= 11 is 1.88. The van der Waals surface area contributed by atoms with Gasteiger partial charge in [-0.15, -0.1) is 0 Å². The van der Waals surface area contributed by atoms with Crippen LogP contribution in [0.3, 0.4) is 0 Å². The molecule has 0 fully saturated rings. The quantitative estimate of drug-likeness (QED) is 0.177. The highest BCUT2D eigenvalue weighted by Crippen LogP contribution is 2.65. The lowest BCUT2D eigenvalue weighted by Gasteiger charge is -2.40. The van der Waals surface area contributed by atoms with Crippen LogP contribution in [-0.2, 0) is 10.8 Å². The number of anilines is 3. The van der Waals surface area contributed by atoms with Crippen molar-refractivity contribution in [3.8, 4) is 33.8 Å². The Bertz CT molecular complexity index is 3590. The van der Waals surface area contributed by atoms with Crippen LogP contribution in [-0.4, -0.2) is 0 Å². The first kappa shape index (κ1) is 36.3. The van der Waals surface area contributed by atoms with Crippen molar-refractivity contribution in [3.63, 3.8) is 0 Å². The van der Waals surface area contributed by atoms with E-state index in [1.807, 2.05) is 11.8 Å². The number of furan rings is 1. The summed E-state index contributed by atoms with van der Waals surface area (Å²) in [5.41, 5.74) is 18.8. The van der Waals surface area contributed by atoms with Crippen molar-refractivity contribution >= 4 is 50.8 Å². The summed E-state index contributed by atoms with van der Waals surface area (Å²) in [7, 11) is 0. The van der Waals surface area contributed by atoms with Crippen LogP contribution in [0.2, 0.25) is 0 Å². The Balaban J connectivity index is 1.05. The van der Waals surface area contributed by atoms with E-state index >= 15 is 0 Å². The molecular formula is C62H37NO2S. The lowest BCUT2D eigenvalue weighted by atomic mass is 9.66. The van der Waals surface area contributed by atoms with Crippen molar-refractivity contribution in [3.05, 3.63) is 269 Å². The fraction of sp³-hybridized carbons (Fsp3) is 0.0323. The van der Waals surface area contributed by atoms with Crippen LogP contribution < -0.4 is 9.64 Å². The Morgan fingerprint density at radius 1 is 0.348 bits per heavy atom. The highest BCUT2D eigenvalue weighted by Gasteiger charge is 2.52. The number of fused-ring (bicyclic) bond motifs is 21. The van der Waals surface area contributed by atoms with Gasteiger partial charge in [-0.3, -0.25) is 0 Å². The normalized spacial score (nSPS) is 14.7. The number of benzene rings is 10. The second-order valence-electron chi connectivity index (χ2n) is 17.8. The first-order chi connectivity index (χ1) is 32.7.